The summed E-state index contributed by atoms with van der Waals surface area (Å²) in [6.45, 7) is 9.67. The molecule has 0 N–H and O–H groups in total. The Morgan fingerprint density at radius 1 is 1.33 bits per heavy atom. The maximum Gasteiger partial charge on any atom is 0.155 e. The maximum atomic E-state index is 12.4. The van der Waals surface area contributed by atoms with E-state index in [9.17, 15) is 4.79 Å². The van der Waals surface area contributed by atoms with E-state index in [1.165, 1.54) is 6.42 Å². The lowest BCUT2D eigenvalue weighted by molar-refractivity contribution is -0.134. The van der Waals surface area contributed by atoms with Crippen LogP contribution < -0.4 is 0 Å². The van der Waals surface area contributed by atoms with Gasteiger partial charge in [0.05, 0.1) is 5.54 Å². The Labute approximate surface area is 93.0 Å². The molecule has 2 aliphatic rings. The molecule has 0 amide bonds. The van der Waals surface area contributed by atoms with Crippen molar-refractivity contribution in [1.29, 1.82) is 0 Å². The van der Waals surface area contributed by atoms with E-state index in [0.29, 0.717) is 11.8 Å². The molecule has 1 heterocycles. The van der Waals surface area contributed by atoms with Crippen molar-refractivity contribution in [3.05, 3.63) is 0 Å². The van der Waals surface area contributed by atoms with Crippen molar-refractivity contribution in [3.8, 4) is 0 Å². The van der Waals surface area contributed by atoms with Crippen molar-refractivity contribution in [2.24, 2.45) is 11.8 Å². The van der Waals surface area contributed by atoms with Gasteiger partial charge in [0, 0.05) is 18.5 Å². The first kappa shape index (κ1) is 11.1. The number of piperidine rings is 1. The van der Waals surface area contributed by atoms with Gasteiger partial charge < -0.3 is 0 Å². The van der Waals surface area contributed by atoms with Crippen LogP contribution in [0, 0.1) is 11.8 Å². The standard InChI is InChI=1S/C13H23NO/c1-9(2)12(15)13-6-5-11(7-13)8-14(13)10(3)4/h9-11H,5-8H2,1-4H3/t11-,13+/m0/s1. The second kappa shape index (κ2) is 3.58. The molecule has 0 spiro atoms. The highest BCUT2D eigenvalue weighted by Gasteiger charge is 2.55. The van der Waals surface area contributed by atoms with Crippen molar-refractivity contribution in [3.63, 3.8) is 0 Å². The minimum absolute atomic E-state index is 0.0764. The van der Waals surface area contributed by atoms with Crippen molar-refractivity contribution >= 4 is 5.78 Å². The van der Waals surface area contributed by atoms with Crippen molar-refractivity contribution in [2.45, 2.75) is 58.5 Å². The van der Waals surface area contributed by atoms with Crippen LogP contribution in [0.5, 0.6) is 0 Å². The number of fused-ring (bicyclic) bond motifs is 2. The molecule has 0 unspecified atom stereocenters. The van der Waals surface area contributed by atoms with Gasteiger partial charge in [-0.25, -0.2) is 0 Å². The third-order valence-corrected chi connectivity index (χ3v) is 4.20. The quantitative estimate of drug-likeness (QED) is 0.711. The fraction of sp³-hybridized carbons (Fsp3) is 0.923. The highest BCUT2D eigenvalue weighted by atomic mass is 16.1. The number of nitrogens with zero attached hydrogens (tertiary/aromatic N) is 1. The Hall–Kier alpha value is -0.370. The SMILES string of the molecule is CC(C)C(=O)[C@]12CC[C@H](CN1C(C)C)C2. The number of hydrogen-bond acceptors (Lipinski definition) is 2. The average Bonchev–Trinajstić information content (AvgIpc) is 2.73. The number of carbonyl (C=O) groups is 1. The molecule has 0 aromatic carbocycles. The lowest BCUT2D eigenvalue weighted by Crippen LogP contribution is -2.54. The number of ketones is 1. The topological polar surface area (TPSA) is 20.3 Å². The van der Waals surface area contributed by atoms with Crippen LogP contribution >= 0.6 is 0 Å². The summed E-state index contributed by atoms with van der Waals surface area (Å²) < 4.78 is 0. The summed E-state index contributed by atoms with van der Waals surface area (Å²) in [5.41, 5.74) is -0.0764. The van der Waals surface area contributed by atoms with Crippen LogP contribution in [0.15, 0.2) is 0 Å². The monoisotopic (exact) mass is 209 g/mol. The van der Waals surface area contributed by atoms with Gasteiger partial charge in [-0.15, -0.1) is 0 Å². The molecule has 1 aliphatic carbocycles. The minimum atomic E-state index is -0.0764. The van der Waals surface area contributed by atoms with Crippen molar-refractivity contribution in [2.75, 3.05) is 6.54 Å². The molecule has 1 saturated heterocycles. The van der Waals surface area contributed by atoms with E-state index in [1.807, 2.05) is 13.8 Å². The highest BCUT2D eigenvalue weighted by Crippen LogP contribution is 2.48. The largest absolute Gasteiger partial charge is 0.297 e. The zero-order valence-electron chi connectivity index (χ0n) is 10.4. The number of hydrogen-bond donors (Lipinski definition) is 0. The molecule has 0 aromatic rings. The average molecular weight is 209 g/mol. The summed E-state index contributed by atoms with van der Waals surface area (Å²) in [6.07, 6.45) is 3.50. The van der Waals surface area contributed by atoms with Crippen LogP contribution in [0.2, 0.25) is 0 Å². The van der Waals surface area contributed by atoms with Gasteiger partial charge in [0.2, 0.25) is 0 Å². The van der Waals surface area contributed by atoms with E-state index in [4.69, 9.17) is 0 Å². The molecule has 1 aliphatic heterocycles. The molecule has 2 atom stereocenters. The van der Waals surface area contributed by atoms with Crippen LogP contribution in [0.1, 0.15) is 47.0 Å². The van der Waals surface area contributed by atoms with E-state index >= 15 is 0 Å². The molecule has 2 nitrogen and oxygen atoms in total. The highest BCUT2D eigenvalue weighted by molar-refractivity contribution is 5.90. The van der Waals surface area contributed by atoms with E-state index in [2.05, 4.69) is 18.7 Å². The van der Waals surface area contributed by atoms with Crippen LogP contribution in [0.25, 0.3) is 0 Å². The van der Waals surface area contributed by atoms with Gasteiger partial charge in [-0.1, -0.05) is 13.8 Å². The fourth-order valence-corrected chi connectivity index (χ4v) is 3.60. The second-order valence-corrected chi connectivity index (χ2v) is 5.91. The Morgan fingerprint density at radius 2 is 2.00 bits per heavy atom. The predicted octanol–water partition coefficient (Wildman–Crippen LogP) is 2.47. The Balaban J connectivity index is 2.27. The Kier molecular flexibility index (Phi) is 2.66. The normalized spacial score (nSPS) is 35.7. The molecule has 0 aromatic heterocycles. The predicted molar refractivity (Wildman–Crippen MR) is 61.8 cm³/mol. The first-order chi connectivity index (χ1) is 6.97. The van der Waals surface area contributed by atoms with Crippen LogP contribution in [-0.4, -0.2) is 28.8 Å². The lowest BCUT2D eigenvalue weighted by atomic mass is 9.84. The Bertz CT molecular complexity index is 272. The van der Waals surface area contributed by atoms with Crippen LogP contribution in [0.4, 0.5) is 0 Å². The lowest BCUT2D eigenvalue weighted by Gasteiger charge is -2.41. The van der Waals surface area contributed by atoms with Gasteiger partial charge in [-0.3, -0.25) is 9.69 Å². The summed E-state index contributed by atoms with van der Waals surface area (Å²) in [4.78, 5) is 14.9. The summed E-state index contributed by atoms with van der Waals surface area (Å²) in [7, 11) is 0. The van der Waals surface area contributed by atoms with Gasteiger partial charge >= 0.3 is 0 Å². The van der Waals surface area contributed by atoms with Gasteiger partial charge in [0.1, 0.15) is 0 Å². The molecule has 2 rings (SSSR count). The Morgan fingerprint density at radius 3 is 2.47 bits per heavy atom. The third kappa shape index (κ3) is 1.54. The summed E-state index contributed by atoms with van der Waals surface area (Å²) in [5, 5.41) is 0. The molecule has 15 heavy (non-hydrogen) atoms. The summed E-state index contributed by atoms with van der Waals surface area (Å²) in [6, 6.07) is 0.512. The van der Waals surface area contributed by atoms with Crippen LogP contribution in [-0.2, 0) is 4.79 Å². The van der Waals surface area contributed by atoms with E-state index in [-0.39, 0.29) is 11.5 Å². The zero-order chi connectivity index (χ0) is 11.2. The minimum Gasteiger partial charge on any atom is -0.297 e. The van der Waals surface area contributed by atoms with E-state index in [0.717, 1.165) is 25.3 Å². The third-order valence-electron chi connectivity index (χ3n) is 4.20. The second-order valence-electron chi connectivity index (χ2n) is 5.91. The van der Waals surface area contributed by atoms with Gasteiger partial charge in [-0.05, 0) is 39.0 Å². The summed E-state index contributed by atoms with van der Waals surface area (Å²) in [5.74, 6) is 1.45. The molecule has 86 valence electrons. The number of rotatable bonds is 3. The van der Waals surface area contributed by atoms with Crippen LogP contribution in [0.3, 0.4) is 0 Å². The molecular weight excluding hydrogens is 186 g/mol. The molecule has 2 heteroatoms. The van der Waals surface area contributed by atoms with Crippen molar-refractivity contribution in [1.82, 2.24) is 4.90 Å². The number of likely N-dealkylation sites (tertiary alicyclic amines) is 1. The molecule has 2 bridgehead atoms. The number of Topliss-reactive ketones (excluding diaryl/α,β-unsaturated/α-hetero) is 1. The first-order valence-corrected chi connectivity index (χ1v) is 6.28. The van der Waals surface area contributed by atoms with E-state index < -0.39 is 0 Å². The van der Waals surface area contributed by atoms with Gasteiger partial charge in [-0.2, -0.15) is 0 Å². The molecular formula is C13H23NO. The maximum absolute atomic E-state index is 12.4. The fourth-order valence-electron chi connectivity index (χ4n) is 3.60. The summed E-state index contributed by atoms with van der Waals surface area (Å²) >= 11 is 0. The van der Waals surface area contributed by atoms with Gasteiger partial charge in [0.15, 0.2) is 5.78 Å². The zero-order valence-corrected chi connectivity index (χ0v) is 10.4. The molecule has 2 fully saturated rings. The first-order valence-electron chi connectivity index (χ1n) is 6.28. The molecule has 1 saturated carbocycles. The van der Waals surface area contributed by atoms with Crippen molar-refractivity contribution < 1.29 is 4.79 Å². The van der Waals surface area contributed by atoms with E-state index in [1.54, 1.807) is 0 Å². The smallest absolute Gasteiger partial charge is 0.155 e. The molecule has 0 radical (unpaired) electrons. The number of carbonyl (C=O) groups excluding carboxylic acids is 1. The van der Waals surface area contributed by atoms with Gasteiger partial charge in [0.25, 0.3) is 0 Å².